The summed E-state index contributed by atoms with van der Waals surface area (Å²) in [4.78, 5) is 23.1. The fraction of sp³-hybridized carbons (Fsp3) is 0.364. The van der Waals surface area contributed by atoms with Crippen molar-refractivity contribution in [2.45, 2.75) is 18.8 Å². The summed E-state index contributed by atoms with van der Waals surface area (Å²) in [5.74, 6) is 1.00. The monoisotopic (exact) mass is 250 g/mol. The molecule has 1 saturated heterocycles. The number of imidazole rings is 1. The third-order valence-corrected chi connectivity index (χ3v) is 3.31. The van der Waals surface area contributed by atoms with Crippen LogP contribution < -0.4 is 5.32 Å². The molecule has 1 aliphatic heterocycles. The Balaban J connectivity index is 2.00. The Bertz CT molecular complexity index is 580. The standard InChI is InChI=1S/C11H11ClN4O/c12-7-2-4-14-11-9(7)15-10(16-11)6-1-3-13-8(17)5-6/h2,4,6H,1,3,5H2,(H,13,17)(H,14,15,16)/t6-/m1/s1. The predicted molar refractivity (Wildman–Crippen MR) is 63.9 cm³/mol. The molecule has 2 aromatic rings. The average molecular weight is 251 g/mol. The Kier molecular flexibility index (Phi) is 2.48. The highest BCUT2D eigenvalue weighted by molar-refractivity contribution is 6.34. The van der Waals surface area contributed by atoms with Crippen LogP contribution in [0.5, 0.6) is 0 Å². The van der Waals surface area contributed by atoms with E-state index in [0.29, 0.717) is 23.6 Å². The summed E-state index contributed by atoms with van der Waals surface area (Å²) < 4.78 is 0. The number of hydrogen-bond acceptors (Lipinski definition) is 3. The maximum atomic E-state index is 11.3. The molecule has 2 aromatic heterocycles. The Morgan fingerprint density at radius 2 is 2.35 bits per heavy atom. The molecule has 2 N–H and O–H groups in total. The summed E-state index contributed by atoms with van der Waals surface area (Å²) in [7, 11) is 0. The fourth-order valence-corrected chi connectivity index (χ4v) is 2.30. The number of H-pyrrole nitrogens is 1. The number of nitrogens with one attached hydrogen (secondary N) is 2. The molecule has 0 radical (unpaired) electrons. The molecular weight excluding hydrogens is 240 g/mol. The van der Waals surface area contributed by atoms with Gasteiger partial charge in [0, 0.05) is 25.1 Å². The summed E-state index contributed by atoms with van der Waals surface area (Å²) in [6.07, 6.45) is 2.99. The van der Waals surface area contributed by atoms with Crippen molar-refractivity contribution in [3.63, 3.8) is 0 Å². The second kappa shape index (κ2) is 4.00. The van der Waals surface area contributed by atoms with E-state index >= 15 is 0 Å². The van der Waals surface area contributed by atoms with Crippen LogP contribution in [0.1, 0.15) is 24.6 Å². The first kappa shape index (κ1) is 10.5. The van der Waals surface area contributed by atoms with Gasteiger partial charge < -0.3 is 10.3 Å². The first-order chi connectivity index (χ1) is 8.24. The molecular formula is C11H11ClN4O. The zero-order chi connectivity index (χ0) is 11.8. The quantitative estimate of drug-likeness (QED) is 0.808. The molecule has 0 aliphatic carbocycles. The fourth-order valence-electron chi connectivity index (χ4n) is 2.11. The van der Waals surface area contributed by atoms with Gasteiger partial charge in [-0.2, -0.15) is 0 Å². The van der Waals surface area contributed by atoms with Crippen LogP contribution in [0.25, 0.3) is 11.2 Å². The van der Waals surface area contributed by atoms with E-state index in [1.165, 1.54) is 0 Å². The minimum absolute atomic E-state index is 0.0702. The molecule has 1 aliphatic rings. The second-order valence-corrected chi connectivity index (χ2v) is 4.56. The van der Waals surface area contributed by atoms with Crippen molar-refractivity contribution in [3.05, 3.63) is 23.1 Å². The van der Waals surface area contributed by atoms with Crippen LogP contribution in [0.2, 0.25) is 5.02 Å². The van der Waals surface area contributed by atoms with Gasteiger partial charge in [0.05, 0.1) is 5.02 Å². The topological polar surface area (TPSA) is 70.7 Å². The lowest BCUT2D eigenvalue weighted by atomic mass is 9.97. The minimum Gasteiger partial charge on any atom is -0.356 e. The molecule has 1 amide bonds. The lowest BCUT2D eigenvalue weighted by Gasteiger charge is -2.19. The number of carbonyl (C=O) groups excluding carboxylic acids is 1. The minimum atomic E-state index is 0.0702. The van der Waals surface area contributed by atoms with E-state index in [4.69, 9.17) is 11.6 Å². The Morgan fingerprint density at radius 1 is 1.47 bits per heavy atom. The highest BCUT2D eigenvalue weighted by atomic mass is 35.5. The van der Waals surface area contributed by atoms with E-state index in [2.05, 4.69) is 20.3 Å². The maximum Gasteiger partial charge on any atom is 0.220 e. The molecule has 3 rings (SSSR count). The molecule has 0 bridgehead atoms. The van der Waals surface area contributed by atoms with Gasteiger partial charge in [-0.3, -0.25) is 4.79 Å². The SMILES string of the molecule is O=C1C[C@H](c2nc3nccc(Cl)c3[nH]2)CCN1. The molecule has 0 unspecified atom stereocenters. The highest BCUT2D eigenvalue weighted by Crippen LogP contribution is 2.27. The zero-order valence-electron chi connectivity index (χ0n) is 9.03. The number of pyridine rings is 1. The zero-order valence-corrected chi connectivity index (χ0v) is 9.79. The van der Waals surface area contributed by atoms with Crippen molar-refractivity contribution < 1.29 is 4.79 Å². The smallest absolute Gasteiger partial charge is 0.220 e. The number of hydrogen-bond donors (Lipinski definition) is 2. The van der Waals surface area contributed by atoms with E-state index < -0.39 is 0 Å². The largest absolute Gasteiger partial charge is 0.356 e. The van der Waals surface area contributed by atoms with Crippen molar-refractivity contribution in [3.8, 4) is 0 Å². The summed E-state index contributed by atoms with van der Waals surface area (Å²) in [6, 6.07) is 1.72. The number of amides is 1. The van der Waals surface area contributed by atoms with Crippen LogP contribution in [0.4, 0.5) is 0 Å². The molecule has 5 nitrogen and oxygen atoms in total. The lowest BCUT2D eigenvalue weighted by molar-refractivity contribution is -0.122. The van der Waals surface area contributed by atoms with E-state index in [0.717, 1.165) is 17.8 Å². The molecule has 6 heteroatoms. The van der Waals surface area contributed by atoms with Crippen molar-refractivity contribution in [1.82, 2.24) is 20.3 Å². The van der Waals surface area contributed by atoms with Gasteiger partial charge in [-0.15, -0.1) is 0 Å². The van der Waals surface area contributed by atoms with Crippen LogP contribution in [-0.2, 0) is 4.79 Å². The summed E-state index contributed by atoms with van der Waals surface area (Å²) in [6.45, 7) is 0.696. The molecule has 3 heterocycles. The third-order valence-electron chi connectivity index (χ3n) is 2.99. The van der Waals surface area contributed by atoms with E-state index in [9.17, 15) is 4.79 Å². The number of piperidine rings is 1. The summed E-state index contributed by atoms with van der Waals surface area (Å²) in [5, 5.41) is 3.41. The number of aromatic amines is 1. The Labute approximate surface area is 103 Å². The van der Waals surface area contributed by atoms with E-state index in [1.807, 2.05) is 0 Å². The average Bonchev–Trinajstić information content (AvgIpc) is 2.74. The van der Waals surface area contributed by atoms with Gasteiger partial charge in [0.25, 0.3) is 0 Å². The molecule has 17 heavy (non-hydrogen) atoms. The van der Waals surface area contributed by atoms with Crippen molar-refractivity contribution in [2.75, 3.05) is 6.54 Å². The number of rotatable bonds is 1. The van der Waals surface area contributed by atoms with Crippen LogP contribution in [0.3, 0.4) is 0 Å². The van der Waals surface area contributed by atoms with E-state index in [-0.39, 0.29) is 11.8 Å². The van der Waals surface area contributed by atoms with E-state index in [1.54, 1.807) is 12.3 Å². The van der Waals surface area contributed by atoms with Crippen LogP contribution >= 0.6 is 11.6 Å². The third kappa shape index (κ3) is 1.86. The number of nitrogens with zero attached hydrogens (tertiary/aromatic N) is 2. The molecule has 0 aromatic carbocycles. The normalized spacial score (nSPS) is 20.5. The summed E-state index contributed by atoms with van der Waals surface area (Å²) in [5.41, 5.74) is 1.36. The van der Waals surface area contributed by atoms with Gasteiger partial charge in [-0.25, -0.2) is 9.97 Å². The van der Waals surface area contributed by atoms with Gasteiger partial charge in [0.1, 0.15) is 11.3 Å². The van der Waals surface area contributed by atoms with Crippen molar-refractivity contribution in [2.24, 2.45) is 0 Å². The molecule has 0 spiro atoms. The van der Waals surface area contributed by atoms with Gasteiger partial charge in [-0.05, 0) is 12.5 Å². The van der Waals surface area contributed by atoms with Gasteiger partial charge >= 0.3 is 0 Å². The highest BCUT2D eigenvalue weighted by Gasteiger charge is 2.23. The first-order valence-corrected chi connectivity index (χ1v) is 5.88. The van der Waals surface area contributed by atoms with Gasteiger partial charge in [0.2, 0.25) is 5.91 Å². The molecule has 1 fully saturated rings. The van der Waals surface area contributed by atoms with Crippen LogP contribution in [0, 0.1) is 0 Å². The predicted octanol–water partition coefficient (Wildman–Crippen LogP) is 1.60. The number of aromatic nitrogens is 3. The number of fused-ring (bicyclic) bond motifs is 1. The van der Waals surface area contributed by atoms with Gasteiger partial charge in [0.15, 0.2) is 5.65 Å². The first-order valence-electron chi connectivity index (χ1n) is 5.51. The van der Waals surface area contributed by atoms with Crippen LogP contribution in [-0.4, -0.2) is 27.4 Å². The molecule has 1 atom stereocenters. The lowest BCUT2D eigenvalue weighted by Crippen LogP contribution is -2.32. The van der Waals surface area contributed by atoms with Gasteiger partial charge in [-0.1, -0.05) is 11.6 Å². The van der Waals surface area contributed by atoms with Crippen molar-refractivity contribution >= 4 is 28.7 Å². The Hall–Kier alpha value is -1.62. The van der Waals surface area contributed by atoms with Crippen molar-refractivity contribution in [1.29, 1.82) is 0 Å². The molecule has 88 valence electrons. The number of carbonyl (C=O) groups is 1. The number of halogens is 1. The second-order valence-electron chi connectivity index (χ2n) is 4.15. The Morgan fingerprint density at radius 3 is 3.12 bits per heavy atom. The molecule has 0 saturated carbocycles. The van der Waals surface area contributed by atoms with Crippen LogP contribution in [0.15, 0.2) is 12.3 Å². The maximum absolute atomic E-state index is 11.3. The summed E-state index contributed by atoms with van der Waals surface area (Å²) >= 11 is 6.05.